The van der Waals surface area contributed by atoms with E-state index in [0.717, 1.165) is 17.0 Å². The van der Waals surface area contributed by atoms with Crippen LogP contribution in [0.2, 0.25) is 0 Å². The van der Waals surface area contributed by atoms with Crippen LogP contribution in [0.5, 0.6) is 11.5 Å². The van der Waals surface area contributed by atoms with Crippen molar-refractivity contribution in [3.05, 3.63) is 69.2 Å². The fraction of sp³-hybridized carbons (Fsp3) is 0.200. The van der Waals surface area contributed by atoms with Crippen LogP contribution in [0.4, 0.5) is 5.69 Å². The highest BCUT2D eigenvalue weighted by Crippen LogP contribution is 2.31. The molecule has 0 aliphatic heterocycles. The fourth-order valence-electron chi connectivity index (χ4n) is 2.56. The SMILES string of the molecule is CCc1ccc(-c2nc(CC(=O)Oc3ccc(OC)cc3[N+](=O)[O-])cs2)cc1. The molecule has 0 saturated carbocycles. The van der Waals surface area contributed by atoms with E-state index < -0.39 is 10.9 Å². The molecule has 0 spiro atoms. The van der Waals surface area contributed by atoms with Crippen LogP contribution in [0.25, 0.3) is 10.6 Å². The fourth-order valence-corrected chi connectivity index (χ4v) is 3.39. The number of thiazole rings is 1. The lowest BCUT2D eigenvalue weighted by atomic mass is 10.1. The number of aromatic nitrogens is 1. The van der Waals surface area contributed by atoms with Crippen molar-refractivity contribution in [1.82, 2.24) is 4.98 Å². The number of ether oxygens (including phenoxy) is 2. The molecule has 1 heterocycles. The summed E-state index contributed by atoms with van der Waals surface area (Å²) in [6, 6.07) is 12.2. The summed E-state index contributed by atoms with van der Waals surface area (Å²) >= 11 is 1.43. The summed E-state index contributed by atoms with van der Waals surface area (Å²) in [5, 5.41) is 13.8. The molecule has 3 aromatic rings. The second kappa shape index (κ2) is 8.62. The zero-order chi connectivity index (χ0) is 20.1. The summed E-state index contributed by atoms with van der Waals surface area (Å²) in [5.41, 5.74) is 2.45. The number of nitro groups is 1. The maximum atomic E-state index is 12.2. The topological polar surface area (TPSA) is 91.6 Å². The van der Waals surface area contributed by atoms with Crippen molar-refractivity contribution in [2.45, 2.75) is 19.8 Å². The van der Waals surface area contributed by atoms with Crippen LogP contribution in [0, 0.1) is 10.1 Å². The first-order valence-electron chi connectivity index (χ1n) is 8.57. The van der Waals surface area contributed by atoms with Crippen molar-refractivity contribution in [1.29, 1.82) is 0 Å². The van der Waals surface area contributed by atoms with E-state index >= 15 is 0 Å². The smallest absolute Gasteiger partial charge is 0.317 e. The lowest BCUT2D eigenvalue weighted by Crippen LogP contribution is -2.12. The number of hydrogen-bond acceptors (Lipinski definition) is 7. The molecule has 28 heavy (non-hydrogen) atoms. The minimum atomic E-state index is -0.619. The van der Waals surface area contributed by atoms with Crippen LogP contribution in [0.15, 0.2) is 47.8 Å². The predicted octanol–water partition coefficient (Wildman–Crippen LogP) is 4.44. The molecule has 144 valence electrons. The van der Waals surface area contributed by atoms with E-state index in [2.05, 4.69) is 11.9 Å². The molecule has 0 N–H and O–H groups in total. The zero-order valence-electron chi connectivity index (χ0n) is 15.4. The second-order valence-electron chi connectivity index (χ2n) is 5.94. The van der Waals surface area contributed by atoms with E-state index in [4.69, 9.17) is 9.47 Å². The van der Waals surface area contributed by atoms with Gasteiger partial charge in [0.05, 0.1) is 30.2 Å². The molecule has 0 aliphatic rings. The van der Waals surface area contributed by atoms with Crippen molar-refractivity contribution < 1.29 is 19.2 Å². The van der Waals surface area contributed by atoms with Crippen molar-refractivity contribution in [2.75, 3.05) is 7.11 Å². The molecule has 0 aliphatic carbocycles. The number of aryl methyl sites for hydroxylation is 1. The first-order valence-corrected chi connectivity index (χ1v) is 9.45. The van der Waals surface area contributed by atoms with Gasteiger partial charge in [-0.05, 0) is 24.1 Å². The standard InChI is InChI=1S/C20H18N2O5S/c1-3-13-4-6-14(7-5-13)20-21-15(12-28-20)10-19(23)27-18-9-8-16(26-2)11-17(18)22(24)25/h4-9,11-12H,3,10H2,1-2H3. The summed E-state index contributed by atoms with van der Waals surface area (Å²) in [5.74, 6) is -0.433. The Labute approximate surface area is 165 Å². The molecule has 0 atom stereocenters. The van der Waals surface area contributed by atoms with E-state index in [-0.39, 0.29) is 17.9 Å². The third-order valence-electron chi connectivity index (χ3n) is 4.07. The Hall–Kier alpha value is -3.26. The molecule has 3 rings (SSSR count). The number of carbonyl (C=O) groups is 1. The predicted molar refractivity (Wildman–Crippen MR) is 106 cm³/mol. The Bertz CT molecular complexity index is 998. The van der Waals surface area contributed by atoms with Crippen molar-refractivity contribution in [2.24, 2.45) is 0 Å². The van der Waals surface area contributed by atoms with Crippen molar-refractivity contribution in [3.8, 4) is 22.1 Å². The highest BCUT2D eigenvalue weighted by atomic mass is 32.1. The average Bonchev–Trinajstić information content (AvgIpc) is 3.16. The van der Waals surface area contributed by atoms with Gasteiger partial charge >= 0.3 is 11.7 Å². The van der Waals surface area contributed by atoms with Gasteiger partial charge in [-0.15, -0.1) is 11.3 Å². The molecular formula is C20H18N2O5S. The number of hydrogen-bond donors (Lipinski definition) is 0. The van der Waals surface area contributed by atoms with Crippen LogP contribution >= 0.6 is 11.3 Å². The van der Waals surface area contributed by atoms with E-state index in [1.807, 2.05) is 24.3 Å². The number of carbonyl (C=O) groups excluding carboxylic acids is 1. The third kappa shape index (κ3) is 4.52. The molecule has 0 unspecified atom stereocenters. The lowest BCUT2D eigenvalue weighted by Gasteiger charge is -2.06. The zero-order valence-corrected chi connectivity index (χ0v) is 16.2. The number of esters is 1. The quantitative estimate of drug-likeness (QED) is 0.253. The maximum Gasteiger partial charge on any atom is 0.317 e. The number of nitro benzene ring substituents is 1. The Balaban J connectivity index is 1.70. The molecule has 0 bridgehead atoms. The van der Waals surface area contributed by atoms with Crippen LogP contribution in [-0.4, -0.2) is 23.0 Å². The van der Waals surface area contributed by atoms with Crippen LogP contribution < -0.4 is 9.47 Å². The Morgan fingerprint density at radius 3 is 2.61 bits per heavy atom. The van der Waals surface area contributed by atoms with Crippen LogP contribution in [0.3, 0.4) is 0 Å². The molecule has 8 heteroatoms. The van der Waals surface area contributed by atoms with E-state index in [1.165, 1.54) is 42.2 Å². The second-order valence-corrected chi connectivity index (χ2v) is 6.79. The molecule has 0 radical (unpaired) electrons. The lowest BCUT2D eigenvalue weighted by molar-refractivity contribution is -0.385. The van der Waals surface area contributed by atoms with Gasteiger partial charge in [-0.3, -0.25) is 14.9 Å². The first-order chi connectivity index (χ1) is 13.5. The molecule has 0 fully saturated rings. The average molecular weight is 398 g/mol. The minimum Gasteiger partial charge on any atom is -0.496 e. The van der Waals surface area contributed by atoms with Crippen LogP contribution in [0.1, 0.15) is 18.2 Å². The maximum absolute atomic E-state index is 12.2. The van der Waals surface area contributed by atoms with Gasteiger partial charge in [-0.2, -0.15) is 0 Å². The number of rotatable bonds is 7. The summed E-state index contributed by atoms with van der Waals surface area (Å²) in [7, 11) is 1.40. The third-order valence-corrected chi connectivity index (χ3v) is 5.01. The number of nitrogens with zero attached hydrogens (tertiary/aromatic N) is 2. The van der Waals surface area contributed by atoms with Crippen molar-refractivity contribution in [3.63, 3.8) is 0 Å². The number of methoxy groups -OCH3 is 1. The van der Waals surface area contributed by atoms with Gasteiger partial charge in [-0.25, -0.2) is 4.98 Å². The molecule has 0 saturated heterocycles. The van der Waals surface area contributed by atoms with E-state index in [0.29, 0.717) is 11.4 Å². The van der Waals surface area contributed by atoms with Gasteiger partial charge in [-0.1, -0.05) is 31.2 Å². The Morgan fingerprint density at radius 2 is 1.96 bits per heavy atom. The summed E-state index contributed by atoms with van der Waals surface area (Å²) in [4.78, 5) is 27.3. The Morgan fingerprint density at radius 1 is 1.21 bits per heavy atom. The van der Waals surface area contributed by atoms with Gasteiger partial charge in [0.25, 0.3) is 0 Å². The molecule has 1 aromatic heterocycles. The molecular weight excluding hydrogens is 380 g/mol. The molecule has 7 nitrogen and oxygen atoms in total. The largest absolute Gasteiger partial charge is 0.496 e. The van der Waals surface area contributed by atoms with Gasteiger partial charge in [0.15, 0.2) is 0 Å². The normalized spacial score (nSPS) is 10.5. The highest BCUT2D eigenvalue weighted by Gasteiger charge is 2.20. The number of benzene rings is 2. The molecule has 0 amide bonds. The van der Waals surface area contributed by atoms with Crippen LogP contribution in [-0.2, 0) is 17.6 Å². The monoisotopic (exact) mass is 398 g/mol. The summed E-state index contributed by atoms with van der Waals surface area (Å²) in [6.07, 6.45) is 0.888. The van der Waals surface area contributed by atoms with Crippen molar-refractivity contribution >= 4 is 23.0 Å². The van der Waals surface area contributed by atoms with E-state index in [1.54, 1.807) is 5.38 Å². The first kappa shape index (κ1) is 19.5. The minimum absolute atomic E-state index is 0.0767. The van der Waals surface area contributed by atoms with E-state index in [9.17, 15) is 14.9 Å². The van der Waals surface area contributed by atoms with Gasteiger partial charge in [0, 0.05) is 10.9 Å². The molecule has 2 aromatic carbocycles. The van der Waals surface area contributed by atoms with Gasteiger partial charge in [0.2, 0.25) is 5.75 Å². The Kier molecular flexibility index (Phi) is 6.00. The summed E-state index contributed by atoms with van der Waals surface area (Å²) < 4.78 is 10.2. The van der Waals surface area contributed by atoms with Gasteiger partial charge in [0.1, 0.15) is 10.8 Å². The highest BCUT2D eigenvalue weighted by molar-refractivity contribution is 7.13. The summed E-state index contributed by atoms with van der Waals surface area (Å²) in [6.45, 7) is 2.09. The van der Waals surface area contributed by atoms with Gasteiger partial charge < -0.3 is 9.47 Å².